The molecular formula is C15H23BrN2O. The molecule has 0 aliphatic rings. The van der Waals surface area contributed by atoms with Gasteiger partial charge < -0.3 is 5.32 Å². The second-order valence-electron chi connectivity index (χ2n) is 5.73. The van der Waals surface area contributed by atoms with Gasteiger partial charge >= 0.3 is 0 Å². The van der Waals surface area contributed by atoms with Crippen molar-refractivity contribution in [2.24, 2.45) is 0 Å². The number of halogens is 1. The third-order valence-electron chi connectivity index (χ3n) is 2.65. The van der Waals surface area contributed by atoms with E-state index in [1.165, 1.54) is 5.56 Å². The van der Waals surface area contributed by atoms with E-state index in [9.17, 15) is 4.79 Å². The van der Waals surface area contributed by atoms with Crippen molar-refractivity contribution in [3.8, 4) is 0 Å². The maximum Gasteiger partial charge on any atom is 0.234 e. The number of hydrogen-bond acceptors (Lipinski definition) is 2. The van der Waals surface area contributed by atoms with E-state index in [0.717, 1.165) is 17.6 Å². The first-order chi connectivity index (χ1) is 8.80. The Hall–Kier alpha value is -0.870. The molecule has 1 aromatic rings. The van der Waals surface area contributed by atoms with Gasteiger partial charge in [-0.1, -0.05) is 35.0 Å². The fourth-order valence-electron chi connectivity index (χ4n) is 1.79. The zero-order valence-corrected chi connectivity index (χ0v) is 13.8. The molecule has 0 radical (unpaired) electrons. The molecule has 0 spiro atoms. The predicted molar refractivity (Wildman–Crippen MR) is 83.0 cm³/mol. The van der Waals surface area contributed by atoms with Crippen LogP contribution in [-0.2, 0) is 11.3 Å². The van der Waals surface area contributed by atoms with Crippen LogP contribution in [0, 0.1) is 0 Å². The number of benzene rings is 1. The highest BCUT2D eigenvalue weighted by molar-refractivity contribution is 9.10. The van der Waals surface area contributed by atoms with Crippen LogP contribution < -0.4 is 5.32 Å². The summed E-state index contributed by atoms with van der Waals surface area (Å²) < 4.78 is 1.07. The average Bonchev–Trinajstić information content (AvgIpc) is 2.28. The zero-order valence-electron chi connectivity index (χ0n) is 12.2. The minimum atomic E-state index is -0.173. The van der Waals surface area contributed by atoms with Crippen molar-refractivity contribution in [2.45, 2.75) is 39.8 Å². The van der Waals surface area contributed by atoms with Gasteiger partial charge in [0.15, 0.2) is 0 Å². The van der Waals surface area contributed by atoms with Crippen LogP contribution in [0.1, 0.15) is 33.3 Å². The van der Waals surface area contributed by atoms with Crippen LogP contribution in [0.2, 0.25) is 0 Å². The Morgan fingerprint density at radius 2 is 1.84 bits per heavy atom. The Morgan fingerprint density at radius 1 is 1.26 bits per heavy atom. The number of nitrogens with one attached hydrogen (secondary N) is 1. The van der Waals surface area contributed by atoms with Gasteiger partial charge in [0.05, 0.1) is 6.54 Å². The molecule has 4 heteroatoms. The van der Waals surface area contributed by atoms with Gasteiger partial charge in [-0.2, -0.15) is 0 Å². The first-order valence-corrected chi connectivity index (χ1v) is 7.37. The van der Waals surface area contributed by atoms with Gasteiger partial charge in [-0.05, 0) is 45.0 Å². The highest BCUT2D eigenvalue weighted by Gasteiger charge is 2.16. The number of amides is 1. The summed E-state index contributed by atoms with van der Waals surface area (Å²) in [6.07, 6.45) is 0. The van der Waals surface area contributed by atoms with E-state index in [1.54, 1.807) is 0 Å². The summed E-state index contributed by atoms with van der Waals surface area (Å²) in [6.45, 7) is 10.1. The molecule has 0 unspecified atom stereocenters. The van der Waals surface area contributed by atoms with Gasteiger partial charge in [0, 0.05) is 16.6 Å². The molecule has 0 aromatic heterocycles. The molecule has 0 fully saturated rings. The molecule has 0 heterocycles. The number of nitrogens with zero attached hydrogens (tertiary/aromatic N) is 1. The van der Waals surface area contributed by atoms with Crippen molar-refractivity contribution in [1.82, 2.24) is 10.2 Å². The second-order valence-corrected chi connectivity index (χ2v) is 6.64. The first kappa shape index (κ1) is 16.2. The van der Waals surface area contributed by atoms with Crippen molar-refractivity contribution in [3.05, 3.63) is 34.3 Å². The highest BCUT2D eigenvalue weighted by Crippen LogP contribution is 2.12. The first-order valence-electron chi connectivity index (χ1n) is 6.58. The van der Waals surface area contributed by atoms with E-state index in [2.05, 4.69) is 45.2 Å². The van der Waals surface area contributed by atoms with Crippen LogP contribution in [-0.4, -0.2) is 29.4 Å². The summed E-state index contributed by atoms with van der Waals surface area (Å²) >= 11 is 3.42. The van der Waals surface area contributed by atoms with E-state index in [0.29, 0.717) is 6.54 Å². The van der Waals surface area contributed by atoms with E-state index >= 15 is 0 Å². The van der Waals surface area contributed by atoms with Crippen molar-refractivity contribution in [3.63, 3.8) is 0 Å². The van der Waals surface area contributed by atoms with Crippen LogP contribution in [0.3, 0.4) is 0 Å². The Bertz CT molecular complexity index is 409. The maximum absolute atomic E-state index is 11.9. The summed E-state index contributed by atoms with van der Waals surface area (Å²) in [5, 5.41) is 2.99. The lowest BCUT2D eigenvalue weighted by Crippen LogP contribution is -2.45. The fraction of sp³-hybridized carbons (Fsp3) is 0.533. The largest absolute Gasteiger partial charge is 0.350 e. The van der Waals surface area contributed by atoms with Gasteiger partial charge in [0.2, 0.25) is 5.91 Å². The smallest absolute Gasteiger partial charge is 0.234 e. The van der Waals surface area contributed by atoms with Crippen LogP contribution in [0.15, 0.2) is 28.7 Å². The van der Waals surface area contributed by atoms with Crippen molar-refractivity contribution < 1.29 is 4.79 Å². The number of rotatable bonds is 5. The molecule has 1 amide bonds. The molecule has 0 aliphatic carbocycles. The van der Waals surface area contributed by atoms with Gasteiger partial charge in [-0.15, -0.1) is 0 Å². The van der Waals surface area contributed by atoms with E-state index in [1.807, 2.05) is 32.9 Å². The average molecular weight is 327 g/mol. The van der Waals surface area contributed by atoms with E-state index in [4.69, 9.17) is 0 Å². The predicted octanol–water partition coefficient (Wildman–Crippen LogP) is 3.19. The number of likely N-dealkylation sites (N-methyl/N-ethyl adjacent to an activating group) is 1. The van der Waals surface area contributed by atoms with Gasteiger partial charge in [-0.3, -0.25) is 9.69 Å². The Morgan fingerprint density at radius 3 is 2.32 bits per heavy atom. The normalized spacial score (nSPS) is 11.7. The Kier molecular flexibility index (Phi) is 6.01. The maximum atomic E-state index is 11.9. The molecular weight excluding hydrogens is 304 g/mol. The zero-order chi connectivity index (χ0) is 14.5. The molecule has 0 saturated heterocycles. The summed E-state index contributed by atoms with van der Waals surface area (Å²) in [5.74, 6) is 0.0754. The SMILES string of the molecule is CCN(CC(=O)NC(C)(C)C)Cc1ccc(Br)cc1. The van der Waals surface area contributed by atoms with Gasteiger partial charge in [0.25, 0.3) is 0 Å². The van der Waals surface area contributed by atoms with Crippen LogP contribution in [0.5, 0.6) is 0 Å². The lowest BCUT2D eigenvalue weighted by molar-refractivity contribution is -0.123. The molecule has 0 saturated carbocycles. The van der Waals surface area contributed by atoms with E-state index in [-0.39, 0.29) is 11.4 Å². The van der Waals surface area contributed by atoms with Crippen LogP contribution in [0.4, 0.5) is 0 Å². The van der Waals surface area contributed by atoms with Crippen molar-refractivity contribution >= 4 is 21.8 Å². The minimum Gasteiger partial charge on any atom is -0.350 e. The standard InChI is InChI=1S/C15H23BrN2O/c1-5-18(11-14(19)17-15(2,3)4)10-12-6-8-13(16)9-7-12/h6-9H,5,10-11H2,1-4H3,(H,17,19). The molecule has 0 atom stereocenters. The van der Waals surface area contributed by atoms with Gasteiger partial charge in [-0.25, -0.2) is 0 Å². The third kappa shape index (κ3) is 6.73. The van der Waals surface area contributed by atoms with Gasteiger partial charge in [0.1, 0.15) is 0 Å². The third-order valence-corrected chi connectivity index (χ3v) is 3.18. The molecule has 1 N–H and O–H groups in total. The molecule has 1 aromatic carbocycles. The summed E-state index contributed by atoms with van der Waals surface area (Å²) in [4.78, 5) is 14.0. The highest BCUT2D eigenvalue weighted by atomic mass is 79.9. The van der Waals surface area contributed by atoms with Crippen molar-refractivity contribution in [1.29, 1.82) is 0 Å². The molecule has 3 nitrogen and oxygen atoms in total. The lowest BCUT2D eigenvalue weighted by atomic mass is 10.1. The summed E-state index contributed by atoms with van der Waals surface area (Å²) in [6, 6.07) is 8.21. The molecule has 1 rings (SSSR count). The second kappa shape index (κ2) is 7.06. The number of carbonyl (C=O) groups excluding carboxylic acids is 1. The molecule has 0 bridgehead atoms. The lowest BCUT2D eigenvalue weighted by Gasteiger charge is -2.25. The topological polar surface area (TPSA) is 32.3 Å². The summed E-state index contributed by atoms with van der Waals surface area (Å²) in [7, 11) is 0. The Labute approximate surface area is 124 Å². The quantitative estimate of drug-likeness (QED) is 0.901. The number of hydrogen-bond donors (Lipinski definition) is 1. The number of carbonyl (C=O) groups is 1. The molecule has 0 aliphatic heterocycles. The monoisotopic (exact) mass is 326 g/mol. The van der Waals surface area contributed by atoms with E-state index < -0.39 is 0 Å². The van der Waals surface area contributed by atoms with Crippen LogP contribution >= 0.6 is 15.9 Å². The Balaban J connectivity index is 2.54. The van der Waals surface area contributed by atoms with Crippen molar-refractivity contribution in [2.75, 3.05) is 13.1 Å². The summed E-state index contributed by atoms with van der Waals surface area (Å²) in [5.41, 5.74) is 1.04. The van der Waals surface area contributed by atoms with Crippen LogP contribution in [0.25, 0.3) is 0 Å². The molecule has 106 valence electrons. The fourth-order valence-corrected chi connectivity index (χ4v) is 2.05. The minimum absolute atomic E-state index is 0.0754. The molecule has 19 heavy (non-hydrogen) atoms.